The summed E-state index contributed by atoms with van der Waals surface area (Å²) in [5.74, 6) is 2.10. The van der Waals surface area contributed by atoms with E-state index >= 15 is 0 Å². The number of hydrogen-bond acceptors (Lipinski definition) is 2. The molecule has 69 valence electrons. The molecule has 0 N–H and O–H groups in total. The fourth-order valence-electron chi connectivity index (χ4n) is 1.08. The molecule has 1 nitrogen and oxygen atoms in total. The van der Waals surface area contributed by atoms with E-state index in [0.717, 1.165) is 5.03 Å². The molecule has 0 aliphatic heterocycles. The second kappa shape index (κ2) is 4.82. The lowest BCUT2D eigenvalue weighted by atomic mass is 10.2. The van der Waals surface area contributed by atoms with Crippen LogP contribution >= 0.6 is 11.8 Å². The predicted molar refractivity (Wildman–Crippen MR) is 59.9 cm³/mol. The second-order valence-electron chi connectivity index (χ2n) is 2.81. The monoisotopic (exact) mass is 200 g/mol. The third kappa shape index (κ3) is 2.60. The van der Waals surface area contributed by atoms with Gasteiger partial charge in [-0.1, -0.05) is 48.2 Å². The molecular weight excluding hydrogens is 190 g/mol. The van der Waals surface area contributed by atoms with Crippen LogP contribution in [0.2, 0.25) is 0 Å². The summed E-state index contributed by atoms with van der Waals surface area (Å²) in [7, 11) is 0. The Balaban J connectivity index is 1.96. The molecule has 1 aromatic carbocycles. The first kappa shape index (κ1) is 9.28. The minimum Gasteiger partial charge on any atom is -0.250 e. The Hall–Kier alpha value is -1.28. The number of benzene rings is 1. The van der Waals surface area contributed by atoms with Crippen LogP contribution in [0.4, 0.5) is 0 Å². The summed E-state index contributed by atoms with van der Waals surface area (Å²) >= 11 is 1.64. The van der Waals surface area contributed by atoms with Crippen molar-refractivity contribution in [1.29, 1.82) is 0 Å². The molecule has 0 bridgehead atoms. The molecule has 0 saturated carbocycles. The third-order valence-electron chi connectivity index (χ3n) is 1.75. The van der Waals surface area contributed by atoms with E-state index in [4.69, 9.17) is 0 Å². The van der Waals surface area contributed by atoms with Gasteiger partial charge in [-0.25, -0.2) is 4.98 Å². The van der Waals surface area contributed by atoms with Crippen molar-refractivity contribution in [3.8, 4) is 0 Å². The minimum atomic E-state index is 1.02. The highest BCUT2D eigenvalue weighted by atomic mass is 32.2. The highest BCUT2D eigenvalue weighted by Crippen LogP contribution is 2.21. The average Bonchev–Trinajstić information content (AvgIpc) is 2.29. The van der Waals surface area contributed by atoms with Gasteiger partial charge in [0.25, 0.3) is 0 Å². The highest BCUT2D eigenvalue weighted by molar-refractivity contribution is 8.01. The Bertz CT molecular complexity index is 333. The number of hydrogen-bond donors (Lipinski definition) is 0. The number of thioether (sulfide) groups is 1. The summed E-state index contributed by atoms with van der Waals surface area (Å²) in [4.78, 5) is 4.23. The van der Waals surface area contributed by atoms with Gasteiger partial charge in [-0.2, -0.15) is 0 Å². The highest BCUT2D eigenvalue weighted by Gasteiger charge is 1.95. The van der Waals surface area contributed by atoms with Crippen molar-refractivity contribution in [2.24, 2.45) is 0 Å². The summed E-state index contributed by atoms with van der Waals surface area (Å²) in [5.41, 5.74) is 1.21. The molecule has 0 aliphatic carbocycles. The van der Waals surface area contributed by atoms with Crippen LogP contribution in [-0.4, -0.2) is 4.98 Å². The van der Waals surface area contributed by atoms with Crippen LogP contribution in [-0.2, 0) is 0 Å². The van der Waals surface area contributed by atoms with Crippen LogP contribution in [0.3, 0.4) is 0 Å². The van der Waals surface area contributed by atoms with E-state index < -0.39 is 0 Å². The first-order valence-corrected chi connectivity index (χ1v) is 5.29. The molecular formula is C12H10NS. The molecule has 0 unspecified atom stereocenters. The molecule has 2 heteroatoms. The van der Waals surface area contributed by atoms with Crippen molar-refractivity contribution in [3.63, 3.8) is 0 Å². The first-order chi connectivity index (χ1) is 6.95. The smallest absolute Gasteiger partial charge is 0.0966 e. The van der Waals surface area contributed by atoms with Crippen molar-refractivity contribution < 1.29 is 0 Å². The van der Waals surface area contributed by atoms with E-state index in [2.05, 4.69) is 22.9 Å². The van der Waals surface area contributed by atoms with E-state index in [1.165, 1.54) is 5.56 Å². The summed E-state index contributed by atoms with van der Waals surface area (Å²) in [6.07, 6.45) is 1.81. The maximum Gasteiger partial charge on any atom is 0.0966 e. The van der Waals surface area contributed by atoms with Gasteiger partial charge in [0.15, 0.2) is 0 Å². The lowest BCUT2D eigenvalue weighted by Gasteiger charge is -1.99. The molecule has 1 heterocycles. The van der Waals surface area contributed by atoms with Gasteiger partial charge in [0, 0.05) is 6.20 Å². The zero-order valence-electron chi connectivity index (χ0n) is 7.63. The average molecular weight is 200 g/mol. The number of rotatable bonds is 3. The standard InChI is InChI=1S/C12H10NS/c1-2-6-11(7-3-1)10-14-12-8-4-5-9-13-12/h1-10H. The lowest BCUT2D eigenvalue weighted by Crippen LogP contribution is -1.79. The van der Waals surface area contributed by atoms with Crippen LogP contribution in [0.25, 0.3) is 0 Å². The Kier molecular flexibility index (Phi) is 3.19. The first-order valence-electron chi connectivity index (χ1n) is 4.41. The number of pyridine rings is 1. The molecule has 2 aromatic rings. The largest absolute Gasteiger partial charge is 0.250 e. The van der Waals surface area contributed by atoms with Crippen molar-refractivity contribution in [2.75, 3.05) is 0 Å². The lowest BCUT2D eigenvalue weighted by molar-refractivity contribution is 1.14. The van der Waals surface area contributed by atoms with Crippen LogP contribution < -0.4 is 0 Å². The summed E-state index contributed by atoms with van der Waals surface area (Å²) in [6, 6.07) is 16.2. The Morgan fingerprint density at radius 2 is 1.71 bits per heavy atom. The van der Waals surface area contributed by atoms with Gasteiger partial charge in [0.1, 0.15) is 0 Å². The summed E-state index contributed by atoms with van der Waals surface area (Å²) in [6.45, 7) is 0. The van der Waals surface area contributed by atoms with Crippen LogP contribution in [0.15, 0.2) is 59.8 Å². The van der Waals surface area contributed by atoms with E-state index in [-0.39, 0.29) is 0 Å². The molecule has 1 radical (unpaired) electrons. The van der Waals surface area contributed by atoms with Crippen LogP contribution in [0.5, 0.6) is 0 Å². The fourth-order valence-corrected chi connectivity index (χ4v) is 1.77. The van der Waals surface area contributed by atoms with E-state index in [0.29, 0.717) is 0 Å². The van der Waals surface area contributed by atoms with Gasteiger partial charge in [-0.3, -0.25) is 0 Å². The molecule has 1 aromatic heterocycles. The van der Waals surface area contributed by atoms with Gasteiger partial charge in [0.2, 0.25) is 0 Å². The Labute approximate surface area is 88.2 Å². The van der Waals surface area contributed by atoms with E-state index in [1.807, 2.05) is 36.4 Å². The van der Waals surface area contributed by atoms with Gasteiger partial charge in [0.05, 0.1) is 10.8 Å². The topological polar surface area (TPSA) is 12.9 Å². The maximum atomic E-state index is 4.23. The summed E-state index contributed by atoms with van der Waals surface area (Å²) in [5, 5.41) is 1.02. The van der Waals surface area contributed by atoms with Gasteiger partial charge >= 0.3 is 0 Å². The normalized spacial score (nSPS) is 10.0. The SMILES string of the molecule is [CH](Sc1ccccn1)c1ccccc1. The quantitative estimate of drug-likeness (QED) is 0.704. The molecule has 0 fully saturated rings. The van der Waals surface area contributed by atoms with E-state index in [9.17, 15) is 0 Å². The Morgan fingerprint density at radius 1 is 0.929 bits per heavy atom. The Morgan fingerprint density at radius 3 is 2.43 bits per heavy atom. The van der Waals surface area contributed by atoms with Gasteiger partial charge in [-0.15, -0.1) is 0 Å². The number of nitrogens with zero attached hydrogens (tertiary/aromatic N) is 1. The van der Waals surface area contributed by atoms with E-state index in [1.54, 1.807) is 18.0 Å². The zero-order valence-corrected chi connectivity index (χ0v) is 8.45. The van der Waals surface area contributed by atoms with Crippen LogP contribution in [0, 0.1) is 5.75 Å². The third-order valence-corrected chi connectivity index (χ3v) is 2.63. The second-order valence-corrected chi connectivity index (χ2v) is 3.70. The maximum absolute atomic E-state index is 4.23. The zero-order chi connectivity index (χ0) is 9.64. The number of aromatic nitrogens is 1. The molecule has 0 spiro atoms. The van der Waals surface area contributed by atoms with Gasteiger partial charge < -0.3 is 0 Å². The molecule has 14 heavy (non-hydrogen) atoms. The van der Waals surface area contributed by atoms with Crippen molar-refractivity contribution in [3.05, 3.63) is 66.0 Å². The fraction of sp³-hybridized carbons (Fsp3) is 0. The molecule has 2 rings (SSSR count). The van der Waals surface area contributed by atoms with Crippen molar-refractivity contribution >= 4 is 11.8 Å². The van der Waals surface area contributed by atoms with Gasteiger partial charge in [-0.05, 0) is 17.7 Å². The molecule has 0 atom stereocenters. The minimum absolute atomic E-state index is 1.02. The molecule has 0 aliphatic rings. The van der Waals surface area contributed by atoms with Crippen molar-refractivity contribution in [1.82, 2.24) is 4.98 Å². The molecule has 0 amide bonds. The van der Waals surface area contributed by atoms with Crippen LogP contribution in [0.1, 0.15) is 5.56 Å². The predicted octanol–water partition coefficient (Wildman–Crippen LogP) is 3.38. The summed E-state index contributed by atoms with van der Waals surface area (Å²) < 4.78 is 0. The molecule has 0 saturated heterocycles. The van der Waals surface area contributed by atoms with Crippen molar-refractivity contribution in [2.45, 2.75) is 5.03 Å².